The molecule has 4 heteroatoms. The smallest absolute Gasteiger partial charge is 0.231 e. The van der Waals surface area contributed by atoms with Gasteiger partial charge in [-0.2, -0.15) is 0 Å². The van der Waals surface area contributed by atoms with E-state index in [1.165, 1.54) is 0 Å². The van der Waals surface area contributed by atoms with Crippen LogP contribution in [-0.4, -0.2) is 6.79 Å². The van der Waals surface area contributed by atoms with Crippen molar-refractivity contribution in [2.75, 3.05) is 6.79 Å². The second-order valence-electron chi connectivity index (χ2n) is 5.69. The van der Waals surface area contributed by atoms with Gasteiger partial charge >= 0.3 is 0 Å². The van der Waals surface area contributed by atoms with Gasteiger partial charge in [0.1, 0.15) is 0 Å². The van der Waals surface area contributed by atoms with Crippen molar-refractivity contribution in [1.29, 1.82) is 0 Å². The van der Waals surface area contributed by atoms with E-state index in [9.17, 15) is 0 Å². The van der Waals surface area contributed by atoms with Crippen LogP contribution in [0.1, 0.15) is 22.3 Å². The lowest BCUT2D eigenvalue weighted by Gasteiger charge is -2.36. The summed E-state index contributed by atoms with van der Waals surface area (Å²) in [6, 6.07) is 12.1. The topological polar surface area (TPSA) is 36.9 Å². The largest absolute Gasteiger partial charge is 0.454 e. The minimum absolute atomic E-state index is 0.260. The molecule has 0 saturated carbocycles. The highest BCUT2D eigenvalue weighted by Gasteiger charge is 2.47. The van der Waals surface area contributed by atoms with Gasteiger partial charge in [-0.05, 0) is 28.8 Å². The second kappa shape index (κ2) is 4.12. The maximum Gasteiger partial charge on any atom is 0.231 e. The quantitative estimate of drug-likeness (QED) is 0.746. The summed E-state index contributed by atoms with van der Waals surface area (Å²) in [5, 5.41) is 0. The van der Waals surface area contributed by atoms with Crippen LogP contribution in [0.4, 0.5) is 0 Å². The van der Waals surface area contributed by atoms with Gasteiger partial charge in [-0.1, -0.05) is 30.8 Å². The van der Waals surface area contributed by atoms with E-state index in [0.29, 0.717) is 13.2 Å². The van der Waals surface area contributed by atoms with Crippen molar-refractivity contribution < 1.29 is 18.9 Å². The molecule has 0 aromatic heterocycles. The number of fused-ring (bicyclic) bond motifs is 4. The molecule has 2 aromatic rings. The van der Waals surface area contributed by atoms with Crippen LogP contribution in [0.15, 0.2) is 43.0 Å². The van der Waals surface area contributed by atoms with E-state index >= 15 is 0 Å². The van der Waals surface area contributed by atoms with Crippen LogP contribution < -0.4 is 9.47 Å². The Morgan fingerprint density at radius 1 is 0.909 bits per heavy atom. The Kier molecular flexibility index (Phi) is 2.30. The highest BCUT2D eigenvalue weighted by molar-refractivity contribution is 5.77. The maximum atomic E-state index is 6.13. The molecule has 0 fully saturated rings. The van der Waals surface area contributed by atoms with Crippen LogP contribution >= 0.6 is 0 Å². The summed E-state index contributed by atoms with van der Waals surface area (Å²) in [7, 11) is 0. The van der Waals surface area contributed by atoms with E-state index in [1.807, 2.05) is 30.3 Å². The van der Waals surface area contributed by atoms with Gasteiger partial charge in [0, 0.05) is 11.1 Å². The molecule has 0 saturated heterocycles. The molecule has 1 atom stereocenters. The minimum atomic E-state index is -0.878. The van der Waals surface area contributed by atoms with Gasteiger partial charge in [-0.25, -0.2) is 0 Å². The fourth-order valence-corrected chi connectivity index (χ4v) is 3.42. The van der Waals surface area contributed by atoms with Crippen LogP contribution in [0.5, 0.6) is 11.5 Å². The molecular formula is C18H14O4. The predicted octanol–water partition coefficient (Wildman–Crippen LogP) is 3.34. The molecule has 3 aliphatic rings. The van der Waals surface area contributed by atoms with E-state index in [2.05, 4.69) is 12.6 Å². The van der Waals surface area contributed by atoms with Crippen molar-refractivity contribution in [1.82, 2.24) is 0 Å². The van der Waals surface area contributed by atoms with E-state index in [4.69, 9.17) is 18.9 Å². The SMILES string of the molecule is C=C1c2cc3c(cc2COC12OCc1ccccc12)OCO3. The Morgan fingerprint density at radius 2 is 1.64 bits per heavy atom. The van der Waals surface area contributed by atoms with Crippen molar-refractivity contribution >= 4 is 5.57 Å². The van der Waals surface area contributed by atoms with Gasteiger partial charge in [0.2, 0.25) is 12.6 Å². The zero-order valence-electron chi connectivity index (χ0n) is 11.9. The lowest BCUT2D eigenvalue weighted by Crippen LogP contribution is -2.34. The summed E-state index contributed by atoms with van der Waals surface area (Å²) in [5.41, 5.74) is 5.08. The first-order valence-electron chi connectivity index (χ1n) is 7.26. The highest BCUT2D eigenvalue weighted by atomic mass is 16.7. The Hall–Kier alpha value is -2.30. The van der Waals surface area contributed by atoms with Crippen molar-refractivity contribution in [3.05, 3.63) is 65.2 Å². The van der Waals surface area contributed by atoms with Crippen LogP contribution in [0.25, 0.3) is 5.57 Å². The van der Waals surface area contributed by atoms with Crippen molar-refractivity contribution in [3.63, 3.8) is 0 Å². The highest BCUT2D eigenvalue weighted by Crippen LogP contribution is 2.52. The summed E-state index contributed by atoms with van der Waals surface area (Å²) in [6.07, 6.45) is 0. The lowest BCUT2D eigenvalue weighted by molar-refractivity contribution is -0.207. The number of benzene rings is 2. The molecular weight excluding hydrogens is 280 g/mol. The Balaban J connectivity index is 1.67. The van der Waals surface area contributed by atoms with Crippen LogP contribution in [0.3, 0.4) is 0 Å². The summed E-state index contributed by atoms with van der Waals surface area (Å²) in [4.78, 5) is 0. The van der Waals surface area contributed by atoms with E-state index in [-0.39, 0.29) is 6.79 Å². The predicted molar refractivity (Wildman–Crippen MR) is 79.3 cm³/mol. The zero-order chi connectivity index (χ0) is 14.7. The molecule has 3 heterocycles. The van der Waals surface area contributed by atoms with Gasteiger partial charge < -0.3 is 18.9 Å². The monoisotopic (exact) mass is 294 g/mol. The molecule has 110 valence electrons. The lowest BCUT2D eigenvalue weighted by atomic mass is 9.87. The van der Waals surface area contributed by atoms with Gasteiger partial charge in [-0.15, -0.1) is 0 Å². The molecule has 0 aliphatic carbocycles. The number of ether oxygens (including phenoxy) is 4. The molecule has 3 aliphatic heterocycles. The Labute approximate surface area is 127 Å². The van der Waals surface area contributed by atoms with Crippen LogP contribution in [0, 0.1) is 0 Å². The Bertz CT molecular complexity index is 811. The third kappa shape index (κ3) is 1.43. The molecule has 0 N–H and O–H groups in total. The average Bonchev–Trinajstić information content (AvgIpc) is 3.15. The summed E-state index contributed by atoms with van der Waals surface area (Å²) in [5.74, 6) is 0.638. The van der Waals surface area contributed by atoms with E-state index in [1.54, 1.807) is 0 Å². The van der Waals surface area contributed by atoms with Crippen molar-refractivity contribution in [2.45, 2.75) is 19.0 Å². The minimum Gasteiger partial charge on any atom is -0.454 e. The fourth-order valence-electron chi connectivity index (χ4n) is 3.42. The fraction of sp³-hybridized carbons (Fsp3) is 0.222. The number of hydrogen-bond donors (Lipinski definition) is 0. The number of rotatable bonds is 0. The first-order chi connectivity index (χ1) is 10.8. The van der Waals surface area contributed by atoms with Crippen LogP contribution in [0.2, 0.25) is 0 Å². The van der Waals surface area contributed by atoms with E-state index in [0.717, 1.165) is 39.3 Å². The van der Waals surface area contributed by atoms with Crippen molar-refractivity contribution in [3.8, 4) is 11.5 Å². The summed E-state index contributed by atoms with van der Waals surface area (Å²) in [6.45, 7) is 5.52. The molecule has 0 amide bonds. The first kappa shape index (κ1) is 12.3. The van der Waals surface area contributed by atoms with Gasteiger partial charge in [0.05, 0.1) is 13.2 Å². The standard InChI is InChI=1S/C18H14O4/c1-11-14-7-17-16(19-10-20-17)6-13(14)9-22-18(11)15-5-3-2-4-12(15)8-21-18/h2-7H,1,8-10H2. The third-order valence-electron chi connectivity index (χ3n) is 4.55. The first-order valence-corrected chi connectivity index (χ1v) is 7.26. The molecule has 1 spiro atoms. The number of hydrogen-bond acceptors (Lipinski definition) is 4. The molecule has 2 aromatic carbocycles. The van der Waals surface area contributed by atoms with Crippen LogP contribution in [-0.2, 0) is 28.5 Å². The molecule has 0 bridgehead atoms. The van der Waals surface area contributed by atoms with Gasteiger partial charge in [0.15, 0.2) is 11.5 Å². The zero-order valence-corrected chi connectivity index (χ0v) is 11.9. The molecule has 0 radical (unpaired) electrons. The maximum absolute atomic E-state index is 6.13. The molecule has 5 rings (SSSR count). The van der Waals surface area contributed by atoms with Gasteiger partial charge in [0.25, 0.3) is 0 Å². The molecule has 1 unspecified atom stereocenters. The van der Waals surface area contributed by atoms with Gasteiger partial charge in [-0.3, -0.25) is 0 Å². The Morgan fingerprint density at radius 3 is 2.50 bits per heavy atom. The molecule has 22 heavy (non-hydrogen) atoms. The van der Waals surface area contributed by atoms with E-state index < -0.39 is 5.79 Å². The third-order valence-corrected chi connectivity index (χ3v) is 4.55. The normalized spacial score (nSPS) is 24.5. The second-order valence-corrected chi connectivity index (χ2v) is 5.69. The average molecular weight is 294 g/mol. The summed E-state index contributed by atoms with van der Waals surface area (Å²) < 4.78 is 23.1. The molecule has 4 nitrogen and oxygen atoms in total. The van der Waals surface area contributed by atoms with Crippen molar-refractivity contribution in [2.24, 2.45) is 0 Å². The summed E-state index contributed by atoms with van der Waals surface area (Å²) >= 11 is 0.